The summed E-state index contributed by atoms with van der Waals surface area (Å²) in [5.74, 6) is -0.408. The third-order valence-corrected chi connectivity index (χ3v) is 2.93. The molecular weight excluding hydrogens is 344 g/mol. The predicted octanol–water partition coefficient (Wildman–Crippen LogP) is 2.16. The molecule has 1 aromatic heterocycles. The van der Waals surface area contributed by atoms with Crippen LogP contribution in [-0.4, -0.2) is 27.2 Å². The first-order chi connectivity index (χ1) is 9.95. The minimum absolute atomic E-state index is 0.0104. The minimum atomic E-state index is -1.13. The number of rotatable bonds is 4. The number of carbonyl (C=O) groups is 2. The number of aryl methyl sites for hydroxylation is 1. The van der Waals surface area contributed by atoms with Crippen LogP contribution in [0.25, 0.3) is 0 Å². The molecule has 0 atom stereocenters. The molecule has 1 heterocycles. The molecule has 0 saturated carbocycles. The first-order valence-corrected chi connectivity index (χ1v) is 6.62. The summed E-state index contributed by atoms with van der Waals surface area (Å²) >= 11 is 3.22. The first kappa shape index (κ1) is 15.0. The van der Waals surface area contributed by atoms with Gasteiger partial charge in [-0.25, -0.2) is 9.59 Å². The van der Waals surface area contributed by atoms with E-state index in [0.717, 1.165) is 0 Å². The second-order valence-corrected chi connectivity index (χ2v) is 4.95. The number of benzene rings is 1. The highest BCUT2D eigenvalue weighted by Gasteiger charge is 2.13. The van der Waals surface area contributed by atoms with E-state index in [1.807, 2.05) is 0 Å². The third kappa shape index (κ3) is 4.02. The first-order valence-electron chi connectivity index (χ1n) is 5.82. The highest BCUT2D eigenvalue weighted by Crippen LogP contribution is 2.21. The number of halogens is 1. The maximum Gasteiger partial charge on any atom is 0.337 e. The maximum atomic E-state index is 11.8. The monoisotopic (exact) mass is 354 g/mol. The molecule has 9 heteroatoms. The van der Waals surface area contributed by atoms with E-state index < -0.39 is 12.0 Å². The van der Waals surface area contributed by atoms with Crippen LogP contribution in [0.5, 0.6) is 0 Å². The van der Waals surface area contributed by atoms with Gasteiger partial charge in [-0.05, 0) is 18.2 Å². The van der Waals surface area contributed by atoms with E-state index in [1.54, 1.807) is 13.0 Å². The summed E-state index contributed by atoms with van der Waals surface area (Å²) in [5.41, 5.74) is 0.169. The molecule has 0 radical (unpaired) electrons. The van der Waals surface area contributed by atoms with Crippen molar-refractivity contribution in [2.24, 2.45) is 0 Å². The quantitative estimate of drug-likeness (QED) is 0.774. The summed E-state index contributed by atoms with van der Waals surface area (Å²) in [6.45, 7) is 1.71. The van der Waals surface area contributed by atoms with Gasteiger partial charge in [0, 0.05) is 11.4 Å². The number of carbonyl (C=O) groups excluding carboxylic acids is 1. The molecule has 0 aliphatic heterocycles. The van der Waals surface area contributed by atoms with Crippen molar-refractivity contribution in [3.8, 4) is 0 Å². The molecule has 8 nitrogen and oxygen atoms in total. The Bertz CT molecular complexity index is 686. The molecular formula is C12H11BrN4O4. The number of carboxylic acid groups (broad SMARTS) is 1. The van der Waals surface area contributed by atoms with E-state index >= 15 is 0 Å². The highest BCUT2D eigenvalue weighted by atomic mass is 79.9. The molecule has 0 aliphatic rings. The average Bonchev–Trinajstić information content (AvgIpc) is 2.82. The van der Waals surface area contributed by atoms with Gasteiger partial charge in [0.1, 0.15) is 0 Å². The van der Waals surface area contributed by atoms with Crippen LogP contribution in [0.3, 0.4) is 0 Å². The van der Waals surface area contributed by atoms with Crippen LogP contribution >= 0.6 is 15.9 Å². The normalized spacial score (nSPS) is 10.2. The van der Waals surface area contributed by atoms with Crippen LogP contribution in [0.4, 0.5) is 10.5 Å². The molecule has 0 bridgehead atoms. The van der Waals surface area contributed by atoms with Gasteiger partial charge in [-0.1, -0.05) is 21.1 Å². The van der Waals surface area contributed by atoms with E-state index in [9.17, 15) is 9.59 Å². The fourth-order valence-electron chi connectivity index (χ4n) is 1.55. The second-order valence-electron chi connectivity index (χ2n) is 4.03. The molecule has 2 amide bonds. The van der Waals surface area contributed by atoms with Crippen molar-refractivity contribution in [1.29, 1.82) is 0 Å². The zero-order valence-corrected chi connectivity index (χ0v) is 12.5. The maximum absolute atomic E-state index is 11.8. The predicted molar refractivity (Wildman–Crippen MR) is 76.0 cm³/mol. The number of nitrogens with one attached hydrogen (secondary N) is 2. The van der Waals surface area contributed by atoms with Gasteiger partial charge in [-0.3, -0.25) is 0 Å². The molecule has 0 unspecified atom stereocenters. The lowest BCUT2D eigenvalue weighted by Crippen LogP contribution is -2.29. The van der Waals surface area contributed by atoms with Gasteiger partial charge in [-0.2, -0.15) is 4.98 Å². The van der Waals surface area contributed by atoms with Crippen LogP contribution in [-0.2, 0) is 6.54 Å². The van der Waals surface area contributed by atoms with Gasteiger partial charge < -0.3 is 20.3 Å². The number of hydrogen-bond acceptors (Lipinski definition) is 5. The highest BCUT2D eigenvalue weighted by molar-refractivity contribution is 9.10. The van der Waals surface area contributed by atoms with E-state index in [2.05, 4.69) is 36.7 Å². The Hall–Kier alpha value is -2.42. The largest absolute Gasteiger partial charge is 0.478 e. The van der Waals surface area contributed by atoms with Crippen molar-refractivity contribution < 1.29 is 19.2 Å². The SMILES string of the molecule is Cc1nc(CNC(=O)Nc2cc(Br)ccc2C(=O)O)no1. The summed E-state index contributed by atoms with van der Waals surface area (Å²) in [4.78, 5) is 26.8. The molecule has 2 rings (SSSR count). The Morgan fingerprint density at radius 1 is 1.43 bits per heavy atom. The number of urea groups is 1. The van der Waals surface area contributed by atoms with Crippen LogP contribution in [0.2, 0.25) is 0 Å². The molecule has 2 aromatic rings. The molecule has 0 fully saturated rings. The second kappa shape index (κ2) is 6.35. The zero-order chi connectivity index (χ0) is 15.4. The van der Waals surface area contributed by atoms with Crippen LogP contribution in [0.1, 0.15) is 22.1 Å². The van der Waals surface area contributed by atoms with E-state index in [0.29, 0.717) is 16.2 Å². The summed E-state index contributed by atoms with van der Waals surface area (Å²) in [6.07, 6.45) is 0. The lowest BCUT2D eigenvalue weighted by molar-refractivity contribution is 0.0698. The molecule has 110 valence electrons. The van der Waals surface area contributed by atoms with Crippen molar-refractivity contribution in [3.05, 3.63) is 40.0 Å². The summed E-state index contributed by atoms with van der Waals surface area (Å²) in [7, 11) is 0. The molecule has 0 saturated heterocycles. The fraction of sp³-hybridized carbons (Fsp3) is 0.167. The van der Waals surface area contributed by atoms with Crippen LogP contribution in [0, 0.1) is 6.92 Å². The van der Waals surface area contributed by atoms with Crippen molar-refractivity contribution in [2.45, 2.75) is 13.5 Å². The van der Waals surface area contributed by atoms with E-state index in [1.165, 1.54) is 12.1 Å². The average molecular weight is 355 g/mol. The van der Waals surface area contributed by atoms with Gasteiger partial charge in [0.15, 0.2) is 5.82 Å². The van der Waals surface area contributed by atoms with Gasteiger partial charge in [0.2, 0.25) is 5.89 Å². The van der Waals surface area contributed by atoms with Crippen LogP contribution < -0.4 is 10.6 Å². The molecule has 3 N–H and O–H groups in total. The summed E-state index contributed by atoms with van der Waals surface area (Å²) in [6, 6.07) is 3.90. The Labute approximate surface area is 127 Å². The standard InChI is InChI=1S/C12H11BrN4O4/c1-6-15-10(17-21-6)5-14-12(20)16-9-4-7(13)2-3-8(9)11(18)19/h2-4H,5H2,1H3,(H,18,19)(H2,14,16,20). The lowest BCUT2D eigenvalue weighted by Gasteiger charge is -2.09. The zero-order valence-electron chi connectivity index (χ0n) is 10.9. The Morgan fingerprint density at radius 3 is 2.81 bits per heavy atom. The smallest absolute Gasteiger partial charge is 0.337 e. The molecule has 0 aliphatic carbocycles. The Morgan fingerprint density at radius 2 is 2.19 bits per heavy atom. The van der Waals surface area contributed by atoms with Gasteiger partial charge >= 0.3 is 12.0 Å². The molecule has 1 aromatic carbocycles. The van der Waals surface area contributed by atoms with Gasteiger partial charge in [-0.15, -0.1) is 0 Å². The molecule has 21 heavy (non-hydrogen) atoms. The number of hydrogen-bond donors (Lipinski definition) is 3. The number of nitrogens with zero attached hydrogens (tertiary/aromatic N) is 2. The van der Waals surface area contributed by atoms with E-state index in [-0.39, 0.29) is 17.8 Å². The topological polar surface area (TPSA) is 117 Å². The van der Waals surface area contributed by atoms with E-state index in [4.69, 9.17) is 9.63 Å². The minimum Gasteiger partial charge on any atom is -0.478 e. The van der Waals surface area contributed by atoms with Crippen molar-refractivity contribution >= 4 is 33.6 Å². The van der Waals surface area contributed by atoms with Crippen LogP contribution in [0.15, 0.2) is 27.2 Å². The summed E-state index contributed by atoms with van der Waals surface area (Å²) in [5, 5.41) is 17.7. The number of anilines is 1. The van der Waals surface area contributed by atoms with Crippen molar-refractivity contribution in [1.82, 2.24) is 15.5 Å². The Kier molecular flexibility index (Phi) is 4.53. The van der Waals surface area contributed by atoms with Crippen molar-refractivity contribution in [2.75, 3.05) is 5.32 Å². The lowest BCUT2D eigenvalue weighted by atomic mass is 10.2. The van der Waals surface area contributed by atoms with Crippen molar-refractivity contribution in [3.63, 3.8) is 0 Å². The number of aromatic carboxylic acids is 1. The number of amides is 2. The van der Waals surface area contributed by atoms with Gasteiger partial charge in [0.05, 0.1) is 17.8 Å². The third-order valence-electron chi connectivity index (χ3n) is 2.44. The number of aromatic nitrogens is 2. The Balaban J connectivity index is 2.02. The molecule has 0 spiro atoms. The fourth-order valence-corrected chi connectivity index (χ4v) is 1.91. The summed E-state index contributed by atoms with van der Waals surface area (Å²) < 4.78 is 5.41. The number of carboxylic acids is 1. The van der Waals surface area contributed by atoms with Gasteiger partial charge in [0.25, 0.3) is 0 Å².